The van der Waals surface area contributed by atoms with Crippen LogP contribution in [0.4, 0.5) is 17.1 Å². The Hall–Kier alpha value is -7.50. The molecule has 358 valence electrons. The molecule has 0 spiro atoms. The van der Waals surface area contributed by atoms with E-state index in [1.807, 2.05) is 73.3 Å². The van der Waals surface area contributed by atoms with Crippen molar-refractivity contribution in [2.24, 2.45) is 0 Å². The molecule has 1 atom stereocenters. The van der Waals surface area contributed by atoms with E-state index in [0.29, 0.717) is 40.1 Å². The van der Waals surface area contributed by atoms with Crippen molar-refractivity contribution in [2.45, 2.75) is 32.6 Å². The van der Waals surface area contributed by atoms with Crippen LogP contribution in [0.25, 0.3) is 0 Å². The summed E-state index contributed by atoms with van der Waals surface area (Å²) in [5, 5.41) is 0. The number of methoxy groups -OCH3 is 6. The number of nitrogens with zero attached hydrogens (tertiary/aromatic N) is 3. The number of aryl methyl sites for hydroxylation is 2. The lowest BCUT2D eigenvalue weighted by Crippen LogP contribution is -2.36. The molecular weight excluding hydrogens is 871 g/mol. The molecule has 0 bridgehead atoms. The fourth-order valence-electron chi connectivity index (χ4n) is 7.41. The largest absolute Gasteiger partial charge is 0.488 e. The topological polar surface area (TPSA) is 195 Å². The molecule has 0 aromatic heterocycles. The second-order valence-corrected chi connectivity index (χ2v) is 15.3. The number of hydrogen-bond acceptors (Lipinski definition) is 18. The van der Waals surface area contributed by atoms with Gasteiger partial charge in [-0.3, -0.25) is 28.8 Å². The van der Waals surface area contributed by atoms with Gasteiger partial charge in [0.15, 0.2) is 0 Å². The van der Waals surface area contributed by atoms with E-state index in [2.05, 4.69) is 0 Å². The molecule has 0 amide bonds. The first kappa shape index (κ1) is 50.5. The van der Waals surface area contributed by atoms with E-state index in [0.717, 1.165) is 27.8 Å². The molecule has 0 fully saturated rings. The average Bonchev–Trinajstić information content (AvgIpc) is 3.33. The molecule has 4 aromatic rings. The Morgan fingerprint density at radius 1 is 0.478 bits per heavy atom. The second kappa shape index (κ2) is 24.1. The Balaban J connectivity index is 1.56. The summed E-state index contributed by atoms with van der Waals surface area (Å²) in [6.07, 6.45) is 0.164. The van der Waals surface area contributed by atoms with Crippen LogP contribution < -0.4 is 28.9 Å². The Morgan fingerprint density at radius 3 is 1.39 bits per heavy atom. The van der Waals surface area contributed by atoms with Crippen molar-refractivity contribution in [3.63, 3.8) is 0 Å². The molecule has 0 saturated carbocycles. The smallest absolute Gasteiger partial charge is 0.325 e. The number of carbonyl (C=O) groups is 6. The summed E-state index contributed by atoms with van der Waals surface area (Å²) in [6.45, 7) is 3.17. The van der Waals surface area contributed by atoms with E-state index >= 15 is 0 Å². The summed E-state index contributed by atoms with van der Waals surface area (Å²) in [5.74, 6) is -1.76. The standard InChI is InChI=1S/C49H57N3O15/c1-31-9-13-35-39(23-31)67-40-26-34(50(19-17-43(53)59-3)20-18-44(54)60-4)12-14-36(40)49(35)33-11-16-38(52(29-47(57)63-7)30-48(58)64-8)42(25-33)66-22-21-65-41-24-32(2)10-15-37(41)51(27-45(55)61-5)28-46(56)62-6/h9-16,23-26,49H,17-22,27-30H2,1-8H3. The van der Waals surface area contributed by atoms with Crippen LogP contribution in [0, 0.1) is 13.8 Å². The molecule has 1 aliphatic rings. The van der Waals surface area contributed by atoms with Crippen molar-refractivity contribution in [3.8, 4) is 23.0 Å². The van der Waals surface area contributed by atoms with Gasteiger partial charge >= 0.3 is 35.8 Å². The molecule has 18 nitrogen and oxygen atoms in total. The van der Waals surface area contributed by atoms with Crippen LogP contribution in [0.5, 0.6) is 23.0 Å². The highest BCUT2D eigenvalue weighted by atomic mass is 16.5. The van der Waals surface area contributed by atoms with E-state index in [-0.39, 0.29) is 65.3 Å². The molecule has 67 heavy (non-hydrogen) atoms. The van der Waals surface area contributed by atoms with Gasteiger partial charge in [0.25, 0.3) is 0 Å². The van der Waals surface area contributed by atoms with Gasteiger partial charge in [0.05, 0.1) is 66.9 Å². The minimum Gasteiger partial charge on any atom is -0.488 e. The summed E-state index contributed by atoms with van der Waals surface area (Å²) in [5.41, 5.74) is 5.78. The highest BCUT2D eigenvalue weighted by Gasteiger charge is 2.31. The lowest BCUT2D eigenvalue weighted by molar-refractivity contribution is -0.141. The third kappa shape index (κ3) is 13.5. The molecule has 1 unspecified atom stereocenters. The van der Waals surface area contributed by atoms with E-state index < -0.39 is 41.7 Å². The third-order valence-electron chi connectivity index (χ3n) is 10.9. The summed E-state index contributed by atoms with van der Waals surface area (Å²) in [4.78, 5) is 79.5. The monoisotopic (exact) mass is 927 g/mol. The SMILES string of the molecule is COC(=O)CCN(CCC(=O)OC)c1ccc2c(c1)Oc1cc(C)ccc1C2c1ccc(N(CC(=O)OC)CC(=O)OC)c(OCCOc2cc(C)ccc2N(CC(=O)OC)CC(=O)OC)c1. The normalized spacial score (nSPS) is 12.2. The van der Waals surface area contributed by atoms with Gasteiger partial charge in [0.1, 0.15) is 62.4 Å². The number of hydrogen-bond donors (Lipinski definition) is 0. The maximum absolute atomic E-state index is 12.7. The number of fused-ring (bicyclic) bond motifs is 2. The Morgan fingerprint density at radius 2 is 0.896 bits per heavy atom. The number of anilines is 3. The summed E-state index contributed by atoms with van der Waals surface area (Å²) in [7, 11) is 7.64. The maximum atomic E-state index is 12.7. The minimum absolute atomic E-state index is 0.0220. The molecular formula is C49H57N3O15. The van der Waals surface area contributed by atoms with Gasteiger partial charge < -0.3 is 57.3 Å². The molecule has 0 aliphatic carbocycles. The predicted octanol–water partition coefficient (Wildman–Crippen LogP) is 5.28. The van der Waals surface area contributed by atoms with Crippen LogP contribution >= 0.6 is 0 Å². The van der Waals surface area contributed by atoms with Crippen LogP contribution in [0.2, 0.25) is 0 Å². The van der Waals surface area contributed by atoms with Crippen LogP contribution in [0.3, 0.4) is 0 Å². The summed E-state index contributed by atoms with van der Waals surface area (Å²) < 4.78 is 48.9. The zero-order valence-corrected chi connectivity index (χ0v) is 39.0. The first-order chi connectivity index (χ1) is 32.2. The Kier molecular flexibility index (Phi) is 18.2. The van der Waals surface area contributed by atoms with E-state index in [1.165, 1.54) is 52.5 Å². The summed E-state index contributed by atoms with van der Waals surface area (Å²) >= 11 is 0. The van der Waals surface area contributed by atoms with Gasteiger partial charge in [0.2, 0.25) is 0 Å². The molecule has 4 aromatic carbocycles. The lowest BCUT2D eigenvalue weighted by Gasteiger charge is -2.32. The van der Waals surface area contributed by atoms with Crippen LogP contribution in [-0.2, 0) is 57.2 Å². The van der Waals surface area contributed by atoms with Gasteiger partial charge in [-0.1, -0.05) is 30.3 Å². The maximum Gasteiger partial charge on any atom is 0.325 e. The first-order valence-electron chi connectivity index (χ1n) is 21.3. The van der Waals surface area contributed by atoms with Crippen molar-refractivity contribution in [1.29, 1.82) is 0 Å². The zero-order valence-electron chi connectivity index (χ0n) is 39.0. The van der Waals surface area contributed by atoms with Crippen LogP contribution in [0.1, 0.15) is 46.6 Å². The number of carbonyl (C=O) groups excluding carboxylic acids is 6. The van der Waals surface area contributed by atoms with Crippen molar-refractivity contribution in [3.05, 3.63) is 101 Å². The predicted molar refractivity (Wildman–Crippen MR) is 245 cm³/mol. The fourth-order valence-corrected chi connectivity index (χ4v) is 7.41. The van der Waals surface area contributed by atoms with Crippen LogP contribution in [-0.4, -0.2) is 131 Å². The molecule has 0 saturated heterocycles. The number of rotatable bonds is 23. The number of ether oxygens (including phenoxy) is 9. The van der Waals surface area contributed by atoms with Gasteiger partial charge in [-0.15, -0.1) is 0 Å². The van der Waals surface area contributed by atoms with Gasteiger partial charge in [0, 0.05) is 41.9 Å². The van der Waals surface area contributed by atoms with Crippen molar-refractivity contribution in [2.75, 3.05) is 110 Å². The number of benzene rings is 4. The molecule has 1 heterocycles. The van der Waals surface area contributed by atoms with Crippen molar-refractivity contribution < 1.29 is 71.4 Å². The Bertz CT molecular complexity index is 2360. The fraction of sp³-hybridized carbons (Fsp3) is 0.388. The highest BCUT2D eigenvalue weighted by molar-refractivity contribution is 5.84. The lowest BCUT2D eigenvalue weighted by atomic mass is 9.82. The molecule has 18 heteroatoms. The van der Waals surface area contributed by atoms with E-state index in [9.17, 15) is 28.8 Å². The summed E-state index contributed by atoms with van der Waals surface area (Å²) in [6, 6.07) is 22.4. The Labute approximate surface area is 389 Å². The van der Waals surface area contributed by atoms with Crippen molar-refractivity contribution in [1.82, 2.24) is 0 Å². The van der Waals surface area contributed by atoms with E-state index in [1.54, 1.807) is 18.2 Å². The zero-order chi connectivity index (χ0) is 48.6. The van der Waals surface area contributed by atoms with Gasteiger partial charge in [-0.25, -0.2) is 0 Å². The minimum atomic E-state index is -0.608. The molecule has 0 radical (unpaired) electrons. The number of esters is 6. The average molecular weight is 928 g/mol. The third-order valence-corrected chi connectivity index (χ3v) is 10.9. The second-order valence-electron chi connectivity index (χ2n) is 15.3. The molecule has 1 aliphatic heterocycles. The molecule has 0 N–H and O–H groups in total. The van der Waals surface area contributed by atoms with Gasteiger partial charge in [-0.2, -0.15) is 0 Å². The quantitative estimate of drug-likeness (QED) is 0.0466. The highest BCUT2D eigenvalue weighted by Crippen LogP contribution is 2.50. The molecule has 5 rings (SSSR count). The van der Waals surface area contributed by atoms with Crippen molar-refractivity contribution >= 4 is 52.9 Å². The van der Waals surface area contributed by atoms with Crippen LogP contribution in [0.15, 0.2) is 72.8 Å². The van der Waals surface area contributed by atoms with E-state index in [4.69, 9.17) is 42.6 Å². The first-order valence-corrected chi connectivity index (χ1v) is 21.3. The van der Waals surface area contributed by atoms with Gasteiger partial charge in [-0.05, 0) is 66.9 Å².